The van der Waals surface area contributed by atoms with Gasteiger partial charge in [0.1, 0.15) is 5.75 Å². The minimum Gasteiger partial charge on any atom is -0.494 e. The van der Waals surface area contributed by atoms with E-state index in [1.54, 1.807) is 13.0 Å². The van der Waals surface area contributed by atoms with Crippen molar-refractivity contribution in [1.82, 2.24) is 0 Å². The average Bonchev–Trinajstić information content (AvgIpc) is 2.38. The molecule has 3 nitrogen and oxygen atoms in total. The van der Waals surface area contributed by atoms with Gasteiger partial charge in [0.25, 0.3) is 0 Å². The Morgan fingerprint density at radius 3 is 2.47 bits per heavy atom. The van der Waals surface area contributed by atoms with Crippen LogP contribution in [0, 0.1) is 0 Å². The molecule has 0 amide bonds. The molecule has 0 bridgehead atoms. The van der Waals surface area contributed by atoms with Crippen molar-refractivity contribution in [3.8, 4) is 5.75 Å². The van der Waals surface area contributed by atoms with Crippen molar-refractivity contribution in [2.24, 2.45) is 0 Å². The molecule has 1 aromatic carbocycles. The number of halogens is 1. The molecule has 19 heavy (non-hydrogen) atoms. The van der Waals surface area contributed by atoms with Crippen LogP contribution >= 0.6 is 11.6 Å². The second-order valence-corrected chi connectivity index (χ2v) is 5.20. The van der Waals surface area contributed by atoms with E-state index >= 15 is 0 Å². The van der Waals surface area contributed by atoms with Gasteiger partial charge in [0, 0.05) is 5.02 Å². The number of aliphatic hydroxyl groups is 2. The zero-order valence-corrected chi connectivity index (χ0v) is 12.5. The molecule has 0 fully saturated rings. The number of aliphatic hydroxyl groups excluding tert-OH is 2. The Morgan fingerprint density at radius 2 is 1.95 bits per heavy atom. The van der Waals surface area contributed by atoms with Crippen LogP contribution < -0.4 is 4.74 Å². The van der Waals surface area contributed by atoms with Crippen LogP contribution in [0.15, 0.2) is 18.2 Å². The smallest absolute Gasteiger partial charge is 0.122 e. The van der Waals surface area contributed by atoms with Crippen molar-refractivity contribution in [3.63, 3.8) is 0 Å². The van der Waals surface area contributed by atoms with Crippen molar-refractivity contribution in [1.29, 1.82) is 0 Å². The fraction of sp³-hybridized carbons (Fsp3) is 0.600. The number of benzene rings is 1. The molecular formula is C15H23ClO3. The van der Waals surface area contributed by atoms with Crippen LogP contribution in [0.25, 0.3) is 0 Å². The number of ether oxygens (including phenoxy) is 1. The normalized spacial score (nSPS) is 15.9. The van der Waals surface area contributed by atoms with Gasteiger partial charge >= 0.3 is 0 Å². The summed E-state index contributed by atoms with van der Waals surface area (Å²) in [7, 11) is 0. The molecule has 0 spiro atoms. The molecule has 1 aromatic rings. The zero-order valence-electron chi connectivity index (χ0n) is 11.8. The third kappa shape index (κ3) is 4.68. The van der Waals surface area contributed by atoms with Gasteiger partial charge < -0.3 is 14.9 Å². The van der Waals surface area contributed by atoms with Crippen LogP contribution in [0.1, 0.15) is 45.1 Å². The minimum atomic E-state index is -0.738. The molecule has 0 aliphatic carbocycles. The first-order chi connectivity index (χ1) is 8.99. The van der Waals surface area contributed by atoms with Crippen molar-refractivity contribution in [2.75, 3.05) is 6.61 Å². The molecular weight excluding hydrogens is 264 g/mol. The maximum atomic E-state index is 9.86. The molecule has 0 radical (unpaired) electrons. The third-order valence-electron chi connectivity index (χ3n) is 3.29. The van der Waals surface area contributed by atoms with Gasteiger partial charge in [0.05, 0.1) is 18.8 Å². The highest BCUT2D eigenvalue weighted by molar-refractivity contribution is 6.30. The van der Waals surface area contributed by atoms with Crippen LogP contribution in [0.4, 0.5) is 0 Å². The summed E-state index contributed by atoms with van der Waals surface area (Å²) >= 11 is 6.05. The average molecular weight is 287 g/mol. The Hall–Kier alpha value is -0.770. The van der Waals surface area contributed by atoms with E-state index in [0.717, 1.165) is 17.7 Å². The van der Waals surface area contributed by atoms with Crippen LogP contribution in [0.2, 0.25) is 5.02 Å². The standard InChI is InChI=1S/C15H23ClO3/c1-4-11(8-14(18)10(3)17)13-9-12(16)6-7-15(13)19-5-2/h6-7,9-11,14,17-18H,4-5,8H2,1-3H3. The quantitative estimate of drug-likeness (QED) is 0.808. The molecule has 3 atom stereocenters. The predicted octanol–water partition coefficient (Wildman–Crippen LogP) is 3.36. The van der Waals surface area contributed by atoms with Gasteiger partial charge in [-0.2, -0.15) is 0 Å². The Morgan fingerprint density at radius 1 is 1.26 bits per heavy atom. The van der Waals surface area contributed by atoms with Gasteiger partial charge in [-0.1, -0.05) is 18.5 Å². The van der Waals surface area contributed by atoms with Crippen molar-refractivity contribution in [2.45, 2.75) is 51.7 Å². The maximum Gasteiger partial charge on any atom is 0.122 e. The number of rotatable bonds is 7. The van der Waals surface area contributed by atoms with E-state index < -0.39 is 12.2 Å². The largest absolute Gasteiger partial charge is 0.494 e. The summed E-state index contributed by atoms with van der Waals surface area (Å²) in [5.74, 6) is 0.918. The molecule has 4 heteroatoms. The molecule has 2 N–H and O–H groups in total. The second kappa shape index (κ2) is 7.73. The van der Waals surface area contributed by atoms with Gasteiger partial charge in [-0.3, -0.25) is 0 Å². The fourth-order valence-electron chi connectivity index (χ4n) is 2.13. The molecule has 108 valence electrons. The lowest BCUT2D eigenvalue weighted by molar-refractivity contribution is 0.0213. The van der Waals surface area contributed by atoms with Crippen LogP contribution in [-0.4, -0.2) is 29.0 Å². The topological polar surface area (TPSA) is 49.7 Å². The minimum absolute atomic E-state index is 0.116. The van der Waals surface area contributed by atoms with Crippen molar-refractivity contribution < 1.29 is 14.9 Å². The van der Waals surface area contributed by atoms with E-state index in [1.807, 2.05) is 19.1 Å². The Labute approximate surface area is 120 Å². The molecule has 0 heterocycles. The van der Waals surface area contributed by atoms with Gasteiger partial charge in [-0.05, 0) is 56.4 Å². The van der Waals surface area contributed by atoms with E-state index in [-0.39, 0.29) is 5.92 Å². The molecule has 1 rings (SSSR count). The highest BCUT2D eigenvalue weighted by Gasteiger charge is 2.21. The first-order valence-electron chi connectivity index (χ1n) is 6.77. The molecule has 0 aliphatic rings. The fourth-order valence-corrected chi connectivity index (χ4v) is 2.31. The van der Waals surface area contributed by atoms with Gasteiger partial charge in [-0.25, -0.2) is 0 Å². The SMILES string of the molecule is CCOc1ccc(Cl)cc1C(CC)CC(O)C(C)O. The van der Waals surface area contributed by atoms with Crippen LogP contribution in [0.5, 0.6) is 5.75 Å². The summed E-state index contributed by atoms with van der Waals surface area (Å²) < 4.78 is 5.61. The molecule has 0 aliphatic heterocycles. The third-order valence-corrected chi connectivity index (χ3v) is 3.52. The van der Waals surface area contributed by atoms with Crippen LogP contribution in [0.3, 0.4) is 0 Å². The Bertz CT molecular complexity index is 393. The lowest BCUT2D eigenvalue weighted by Gasteiger charge is -2.23. The van der Waals surface area contributed by atoms with Crippen molar-refractivity contribution in [3.05, 3.63) is 28.8 Å². The summed E-state index contributed by atoms with van der Waals surface area (Å²) in [6, 6.07) is 5.54. The number of hydrogen-bond donors (Lipinski definition) is 2. The zero-order chi connectivity index (χ0) is 14.4. The Kier molecular flexibility index (Phi) is 6.63. The summed E-state index contributed by atoms with van der Waals surface area (Å²) in [6.45, 7) is 6.17. The maximum absolute atomic E-state index is 9.86. The van der Waals surface area contributed by atoms with E-state index in [1.165, 1.54) is 0 Å². The highest BCUT2D eigenvalue weighted by Crippen LogP contribution is 2.34. The van der Waals surface area contributed by atoms with E-state index in [4.69, 9.17) is 16.3 Å². The summed E-state index contributed by atoms with van der Waals surface area (Å²) in [5.41, 5.74) is 0.997. The van der Waals surface area contributed by atoms with Crippen LogP contribution in [-0.2, 0) is 0 Å². The molecule has 0 saturated heterocycles. The second-order valence-electron chi connectivity index (χ2n) is 4.76. The summed E-state index contributed by atoms with van der Waals surface area (Å²) in [5, 5.41) is 19.9. The predicted molar refractivity (Wildman–Crippen MR) is 78.0 cm³/mol. The van der Waals surface area contributed by atoms with E-state index in [0.29, 0.717) is 18.1 Å². The van der Waals surface area contributed by atoms with Gasteiger partial charge in [0.15, 0.2) is 0 Å². The highest BCUT2D eigenvalue weighted by atomic mass is 35.5. The first kappa shape index (κ1) is 16.3. The van der Waals surface area contributed by atoms with Gasteiger partial charge in [-0.15, -0.1) is 0 Å². The molecule has 0 saturated carbocycles. The Balaban J connectivity index is 2.98. The van der Waals surface area contributed by atoms with Gasteiger partial charge in [0.2, 0.25) is 0 Å². The lowest BCUT2D eigenvalue weighted by Crippen LogP contribution is -2.24. The number of hydrogen-bond acceptors (Lipinski definition) is 3. The summed E-state index contributed by atoms with van der Waals surface area (Å²) in [6.07, 6.45) is -0.124. The van der Waals surface area contributed by atoms with E-state index in [2.05, 4.69) is 6.92 Å². The molecule has 0 aromatic heterocycles. The van der Waals surface area contributed by atoms with E-state index in [9.17, 15) is 10.2 Å². The molecule has 3 unspecified atom stereocenters. The lowest BCUT2D eigenvalue weighted by atomic mass is 9.89. The van der Waals surface area contributed by atoms with Crippen molar-refractivity contribution >= 4 is 11.6 Å². The monoisotopic (exact) mass is 286 g/mol. The first-order valence-corrected chi connectivity index (χ1v) is 7.15. The summed E-state index contributed by atoms with van der Waals surface area (Å²) in [4.78, 5) is 0.